The van der Waals surface area contributed by atoms with Gasteiger partial charge in [-0.1, -0.05) is 6.92 Å². The minimum atomic E-state index is -0.223. The van der Waals surface area contributed by atoms with Gasteiger partial charge in [0.15, 0.2) is 5.65 Å². The molecule has 0 bridgehead atoms. The largest absolute Gasteiger partial charge is 0.326 e. The number of anilines is 2. The molecule has 0 saturated heterocycles. The van der Waals surface area contributed by atoms with Crippen LogP contribution in [0.15, 0.2) is 41.0 Å². The number of hydrogen-bond acceptors (Lipinski definition) is 3. The lowest BCUT2D eigenvalue weighted by Crippen LogP contribution is -2.16. The van der Waals surface area contributed by atoms with Crippen LogP contribution < -0.4 is 10.6 Å². The minimum absolute atomic E-state index is 0.138. The van der Waals surface area contributed by atoms with Gasteiger partial charge in [-0.05, 0) is 65.2 Å². The topological polar surface area (TPSA) is 75.5 Å². The number of imidazole rings is 1. The molecule has 0 aliphatic rings. The van der Waals surface area contributed by atoms with Gasteiger partial charge in [0.25, 0.3) is 5.91 Å². The number of amides is 2. The molecule has 1 aromatic carbocycles. The van der Waals surface area contributed by atoms with Crippen LogP contribution in [0.1, 0.15) is 35.6 Å². The fourth-order valence-corrected chi connectivity index (χ4v) is 3.44. The molecular weight excluding hydrogens is 396 g/mol. The average Bonchev–Trinajstić information content (AvgIpc) is 2.95. The van der Waals surface area contributed by atoms with Gasteiger partial charge >= 0.3 is 0 Å². The first-order valence-corrected chi connectivity index (χ1v) is 9.04. The van der Waals surface area contributed by atoms with E-state index in [2.05, 4.69) is 31.5 Å². The Labute approximate surface area is 159 Å². The minimum Gasteiger partial charge on any atom is -0.326 e. The van der Waals surface area contributed by atoms with Crippen LogP contribution in [0.3, 0.4) is 0 Å². The number of carbonyl (C=O) groups excluding carboxylic acids is 2. The predicted octanol–water partition coefficient (Wildman–Crippen LogP) is 4.18. The molecule has 3 aromatic rings. The molecule has 0 spiro atoms. The molecule has 7 heteroatoms. The Morgan fingerprint density at radius 2 is 1.77 bits per heavy atom. The molecule has 2 N–H and O–H groups in total. The average molecular weight is 415 g/mol. The zero-order valence-electron chi connectivity index (χ0n) is 14.8. The number of aryl methyl sites for hydroxylation is 2. The fourth-order valence-electron chi connectivity index (χ4n) is 2.80. The summed E-state index contributed by atoms with van der Waals surface area (Å²) in [6, 6.07) is 8.96. The second-order valence-electron chi connectivity index (χ2n) is 6.03. The van der Waals surface area contributed by atoms with Crippen LogP contribution in [0, 0.1) is 6.92 Å². The van der Waals surface area contributed by atoms with Gasteiger partial charge in [-0.2, -0.15) is 0 Å². The maximum absolute atomic E-state index is 12.9. The number of fused-ring (bicyclic) bond motifs is 1. The van der Waals surface area contributed by atoms with Gasteiger partial charge in [0, 0.05) is 24.5 Å². The van der Waals surface area contributed by atoms with E-state index in [4.69, 9.17) is 0 Å². The standard InChI is InChI=1S/C19H19BrN4O2/c1-4-16-17(24-10-11(2)9-15(20)18(24)23-16)19(26)22-14-7-5-13(6-8-14)21-12(3)25/h5-10H,4H2,1-3H3,(H,21,25)(H,22,26). The van der Waals surface area contributed by atoms with E-state index in [0.717, 1.165) is 21.4 Å². The Morgan fingerprint density at radius 3 is 2.35 bits per heavy atom. The number of aromatic nitrogens is 2. The number of benzene rings is 1. The van der Waals surface area contributed by atoms with Crippen molar-refractivity contribution in [1.82, 2.24) is 9.38 Å². The van der Waals surface area contributed by atoms with Crippen molar-refractivity contribution in [2.75, 3.05) is 10.6 Å². The number of halogens is 1. The first-order chi connectivity index (χ1) is 12.4. The highest BCUT2D eigenvalue weighted by atomic mass is 79.9. The second kappa shape index (κ2) is 7.29. The summed E-state index contributed by atoms with van der Waals surface area (Å²) < 4.78 is 2.67. The van der Waals surface area contributed by atoms with Crippen LogP contribution in [0.25, 0.3) is 5.65 Å². The fraction of sp³-hybridized carbons (Fsp3) is 0.211. The van der Waals surface area contributed by atoms with Crippen LogP contribution >= 0.6 is 15.9 Å². The van der Waals surface area contributed by atoms with E-state index in [-0.39, 0.29) is 11.8 Å². The Morgan fingerprint density at radius 1 is 1.15 bits per heavy atom. The molecule has 2 heterocycles. The second-order valence-corrected chi connectivity index (χ2v) is 6.89. The number of carbonyl (C=O) groups is 2. The van der Waals surface area contributed by atoms with Crippen molar-refractivity contribution in [2.24, 2.45) is 0 Å². The third-order valence-corrected chi connectivity index (χ3v) is 4.48. The Balaban J connectivity index is 1.93. The molecule has 2 aromatic heterocycles. The van der Waals surface area contributed by atoms with Crippen LogP contribution in [0.4, 0.5) is 11.4 Å². The van der Waals surface area contributed by atoms with E-state index < -0.39 is 0 Å². The Bertz CT molecular complexity index is 993. The number of hydrogen-bond donors (Lipinski definition) is 2. The summed E-state index contributed by atoms with van der Waals surface area (Å²) in [7, 11) is 0. The SMILES string of the molecule is CCc1nc2c(Br)cc(C)cn2c1C(=O)Nc1ccc(NC(C)=O)cc1. The third-order valence-electron chi connectivity index (χ3n) is 3.90. The van der Waals surface area contributed by atoms with Crippen LogP contribution in [-0.2, 0) is 11.2 Å². The van der Waals surface area contributed by atoms with Crippen molar-refractivity contribution in [3.8, 4) is 0 Å². The van der Waals surface area contributed by atoms with E-state index in [1.165, 1.54) is 6.92 Å². The highest BCUT2D eigenvalue weighted by Crippen LogP contribution is 2.24. The van der Waals surface area contributed by atoms with E-state index in [9.17, 15) is 9.59 Å². The number of pyridine rings is 1. The molecule has 3 rings (SSSR count). The molecule has 26 heavy (non-hydrogen) atoms. The first-order valence-electron chi connectivity index (χ1n) is 8.25. The lowest BCUT2D eigenvalue weighted by atomic mass is 10.2. The van der Waals surface area contributed by atoms with E-state index in [0.29, 0.717) is 23.5 Å². The van der Waals surface area contributed by atoms with E-state index in [1.54, 1.807) is 24.3 Å². The maximum atomic E-state index is 12.9. The van der Waals surface area contributed by atoms with Gasteiger partial charge in [-0.3, -0.25) is 14.0 Å². The molecule has 0 atom stereocenters. The van der Waals surface area contributed by atoms with Crippen LogP contribution in [0.5, 0.6) is 0 Å². The number of rotatable bonds is 4. The zero-order valence-corrected chi connectivity index (χ0v) is 16.3. The van der Waals surface area contributed by atoms with Gasteiger partial charge in [0.05, 0.1) is 10.2 Å². The van der Waals surface area contributed by atoms with Crippen LogP contribution in [-0.4, -0.2) is 21.2 Å². The lowest BCUT2D eigenvalue weighted by Gasteiger charge is -2.09. The highest BCUT2D eigenvalue weighted by Gasteiger charge is 2.20. The maximum Gasteiger partial charge on any atom is 0.274 e. The molecule has 0 unspecified atom stereocenters. The molecule has 6 nitrogen and oxygen atoms in total. The van der Waals surface area contributed by atoms with Gasteiger partial charge in [-0.15, -0.1) is 0 Å². The van der Waals surface area contributed by atoms with Gasteiger partial charge in [-0.25, -0.2) is 4.98 Å². The molecule has 2 amide bonds. The Hall–Kier alpha value is -2.67. The molecule has 0 aliphatic carbocycles. The molecule has 134 valence electrons. The van der Waals surface area contributed by atoms with Gasteiger partial charge in [0.2, 0.25) is 5.91 Å². The van der Waals surface area contributed by atoms with Crippen molar-refractivity contribution in [2.45, 2.75) is 27.2 Å². The van der Waals surface area contributed by atoms with Crippen molar-refractivity contribution in [1.29, 1.82) is 0 Å². The van der Waals surface area contributed by atoms with Gasteiger partial charge < -0.3 is 10.6 Å². The quantitative estimate of drug-likeness (QED) is 0.672. The summed E-state index contributed by atoms with van der Waals surface area (Å²) in [5, 5.41) is 5.60. The van der Waals surface area contributed by atoms with Crippen molar-refractivity contribution in [3.63, 3.8) is 0 Å². The third kappa shape index (κ3) is 3.62. The van der Waals surface area contributed by atoms with Crippen LogP contribution in [0.2, 0.25) is 0 Å². The molecular formula is C19H19BrN4O2. The summed E-state index contributed by atoms with van der Waals surface area (Å²) in [5.74, 6) is -0.361. The lowest BCUT2D eigenvalue weighted by molar-refractivity contribution is -0.114. The summed E-state index contributed by atoms with van der Waals surface area (Å²) in [6.45, 7) is 5.40. The van der Waals surface area contributed by atoms with Crippen molar-refractivity contribution in [3.05, 3.63) is 58.0 Å². The number of nitrogens with zero attached hydrogens (tertiary/aromatic N) is 2. The monoisotopic (exact) mass is 414 g/mol. The Kier molecular flexibility index (Phi) is 5.08. The van der Waals surface area contributed by atoms with Gasteiger partial charge in [0.1, 0.15) is 5.69 Å². The normalized spacial score (nSPS) is 10.8. The summed E-state index contributed by atoms with van der Waals surface area (Å²) in [6.07, 6.45) is 2.55. The van der Waals surface area contributed by atoms with E-state index in [1.807, 2.05) is 30.5 Å². The molecule has 0 fully saturated rings. The molecule has 0 radical (unpaired) electrons. The molecule has 0 saturated carbocycles. The predicted molar refractivity (Wildman–Crippen MR) is 106 cm³/mol. The summed E-state index contributed by atoms with van der Waals surface area (Å²) in [4.78, 5) is 28.6. The first kappa shape index (κ1) is 18.1. The zero-order chi connectivity index (χ0) is 18.8. The summed E-state index contributed by atoms with van der Waals surface area (Å²) >= 11 is 3.52. The van der Waals surface area contributed by atoms with Crippen molar-refractivity contribution >= 4 is 44.8 Å². The number of nitrogens with one attached hydrogen (secondary N) is 2. The summed E-state index contributed by atoms with van der Waals surface area (Å²) in [5.41, 5.74) is 4.34. The van der Waals surface area contributed by atoms with E-state index >= 15 is 0 Å². The smallest absolute Gasteiger partial charge is 0.274 e. The highest BCUT2D eigenvalue weighted by molar-refractivity contribution is 9.10. The molecule has 0 aliphatic heterocycles. The van der Waals surface area contributed by atoms with Crippen molar-refractivity contribution < 1.29 is 9.59 Å².